The van der Waals surface area contributed by atoms with E-state index in [1.165, 1.54) is 6.07 Å². The predicted molar refractivity (Wildman–Crippen MR) is 52.2 cm³/mol. The van der Waals surface area contributed by atoms with Gasteiger partial charge in [0, 0.05) is 0 Å². The second-order valence-electron chi connectivity index (χ2n) is 3.20. The lowest BCUT2D eigenvalue weighted by Gasteiger charge is -2.15. The molecule has 1 aromatic rings. The van der Waals surface area contributed by atoms with Crippen LogP contribution in [0.4, 0.5) is 8.78 Å². The minimum absolute atomic E-state index is 0.211. The number of carboxylic acid groups (broad SMARTS) is 1. The van der Waals surface area contributed by atoms with Gasteiger partial charge in [0.05, 0.1) is 0 Å². The molecular formula is C11H12F2O2. The summed E-state index contributed by atoms with van der Waals surface area (Å²) in [6.07, 6.45) is -2.33. The fourth-order valence-corrected chi connectivity index (χ4v) is 1.54. The van der Waals surface area contributed by atoms with Crippen molar-refractivity contribution in [2.24, 2.45) is 0 Å². The molecule has 0 heterocycles. The van der Waals surface area contributed by atoms with Gasteiger partial charge in [0.1, 0.15) is 5.92 Å². The van der Waals surface area contributed by atoms with E-state index >= 15 is 0 Å². The zero-order valence-electron chi connectivity index (χ0n) is 8.28. The van der Waals surface area contributed by atoms with Crippen molar-refractivity contribution < 1.29 is 18.7 Å². The number of alkyl halides is 2. The van der Waals surface area contributed by atoms with Crippen LogP contribution in [0.3, 0.4) is 0 Å². The van der Waals surface area contributed by atoms with Gasteiger partial charge in [-0.3, -0.25) is 4.79 Å². The van der Waals surface area contributed by atoms with Crippen LogP contribution in [0.15, 0.2) is 24.3 Å². The Morgan fingerprint density at radius 1 is 1.40 bits per heavy atom. The van der Waals surface area contributed by atoms with Crippen molar-refractivity contribution in [2.75, 3.05) is 0 Å². The maximum Gasteiger partial charge on any atom is 0.316 e. The highest BCUT2D eigenvalue weighted by molar-refractivity contribution is 5.77. The van der Waals surface area contributed by atoms with Gasteiger partial charge in [-0.15, -0.1) is 0 Å². The summed E-state index contributed by atoms with van der Waals surface area (Å²) in [5.74, 6) is -3.20. The molecule has 0 saturated heterocycles. The number of hydrogen-bond donors (Lipinski definition) is 1. The van der Waals surface area contributed by atoms with E-state index in [-0.39, 0.29) is 5.56 Å². The van der Waals surface area contributed by atoms with Gasteiger partial charge in [0.25, 0.3) is 6.43 Å². The normalized spacial score (nSPS) is 12.8. The molecule has 0 saturated carbocycles. The minimum Gasteiger partial charge on any atom is -0.481 e. The van der Waals surface area contributed by atoms with Crippen molar-refractivity contribution in [3.05, 3.63) is 35.4 Å². The average molecular weight is 214 g/mol. The van der Waals surface area contributed by atoms with Gasteiger partial charge in [0.15, 0.2) is 0 Å². The zero-order chi connectivity index (χ0) is 11.4. The summed E-state index contributed by atoms with van der Waals surface area (Å²) in [6.45, 7) is 1.81. The third kappa shape index (κ3) is 2.52. The molecular weight excluding hydrogens is 202 g/mol. The summed E-state index contributed by atoms with van der Waals surface area (Å²) in [5.41, 5.74) is 0.868. The summed E-state index contributed by atoms with van der Waals surface area (Å²) in [5, 5.41) is 8.74. The Kier molecular flexibility index (Phi) is 3.77. The molecule has 0 aromatic heterocycles. The van der Waals surface area contributed by atoms with Gasteiger partial charge in [-0.2, -0.15) is 0 Å². The monoisotopic (exact) mass is 214 g/mol. The van der Waals surface area contributed by atoms with E-state index in [0.717, 1.165) is 0 Å². The van der Waals surface area contributed by atoms with Crippen LogP contribution in [0.5, 0.6) is 0 Å². The first kappa shape index (κ1) is 11.6. The van der Waals surface area contributed by atoms with Crippen molar-refractivity contribution in [3.8, 4) is 0 Å². The van der Waals surface area contributed by atoms with Crippen LogP contribution >= 0.6 is 0 Å². The molecule has 1 atom stereocenters. The Balaban J connectivity index is 3.16. The average Bonchev–Trinajstić information content (AvgIpc) is 2.17. The number of carboxylic acids is 1. The molecule has 1 aromatic carbocycles. The Labute approximate surface area is 86.5 Å². The van der Waals surface area contributed by atoms with Crippen LogP contribution in [0.2, 0.25) is 0 Å². The number of hydrogen-bond acceptors (Lipinski definition) is 1. The Morgan fingerprint density at radius 3 is 2.47 bits per heavy atom. The summed E-state index contributed by atoms with van der Waals surface area (Å²) in [6, 6.07) is 6.41. The molecule has 15 heavy (non-hydrogen) atoms. The lowest BCUT2D eigenvalue weighted by molar-refractivity contribution is -0.142. The molecule has 0 aliphatic rings. The van der Waals surface area contributed by atoms with Crippen LogP contribution in [0.1, 0.15) is 24.0 Å². The van der Waals surface area contributed by atoms with Gasteiger partial charge >= 0.3 is 5.97 Å². The summed E-state index contributed by atoms with van der Waals surface area (Å²) < 4.78 is 25.1. The Bertz CT molecular complexity index is 350. The fraction of sp³-hybridized carbons (Fsp3) is 0.364. The van der Waals surface area contributed by atoms with Gasteiger partial charge in [-0.1, -0.05) is 31.2 Å². The molecule has 2 nitrogen and oxygen atoms in total. The number of aliphatic carboxylic acids is 1. The van der Waals surface area contributed by atoms with Crippen molar-refractivity contribution >= 4 is 5.97 Å². The maximum atomic E-state index is 12.6. The van der Waals surface area contributed by atoms with Gasteiger partial charge < -0.3 is 5.11 Å². The highest BCUT2D eigenvalue weighted by Gasteiger charge is 2.31. The van der Waals surface area contributed by atoms with Crippen molar-refractivity contribution in [1.82, 2.24) is 0 Å². The maximum absolute atomic E-state index is 12.6. The number of rotatable bonds is 4. The molecule has 82 valence electrons. The van der Waals surface area contributed by atoms with Gasteiger partial charge in [0.2, 0.25) is 0 Å². The molecule has 0 aliphatic heterocycles. The summed E-state index contributed by atoms with van der Waals surface area (Å²) >= 11 is 0. The Hall–Kier alpha value is -1.45. The first-order chi connectivity index (χ1) is 7.07. The molecule has 1 rings (SSSR count). The number of carbonyl (C=O) groups is 1. The predicted octanol–water partition coefficient (Wildman–Crippen LogP) is 2.68. The molecule has 0 amide bonds. The largest absolute Gasteiger partial charge is 0.481 e. The highest BCUT2D eigenvalue weighted by Crippen LogP contribution is 2.26. The van der Waals surface area contributed by atoms with E-state index in [9.17, 15) is 13.6 Å². The van der Waals surface area contributed by atoms with Crippen LogP contribution in [0, 0.1) is 0 Å². The first-order valence-electron chi connectivity index (χ1n) is 4.66. The Morgan fingerprint density at radius 2 is 2.00 bits per heavy atom. The molecule has 0 spiro atoms. The minimum atomic E-state index is -2.88. The molecule has 1 unspecified atom stereocenters. The zero-order valence-corrected chi connectivity index (χ0v) is 8.28. The number of aryl methyl sites for hydroxylation is 1. The van der Waals surface area contributed by atoms with Crippen LogP contribution < -0.4 is 0 Å². The van der Waals surface area contributed by atoms with Gasteiger partial charge in [-0.25, -0.2) is 8.78 Å². The van der Waals surface area contributed by atoms with E-state index in [4.69, 9.17) is 5.11 Å². The second kappa shape index (κ2) is 4.87. The van der Waals surface area contributed by atoms with E-state index in [2.05, 4.69) is 0 Å². The number of halogens is 2. The van der Waals surface area contributed by atoms with Crippen LogP contribution in [-0.4, -0.2) is 17.5 Å². The first-order valence-corrected chi connectivity index (χ1v) is 4.66. The van der Waals surface area contributed by atoms with E-state index in [0.29, 0.717) is 12.0 Å². The fourth-order valence-electron chi connectivity index (χ4n) is 1.54. The quantitative estimate of drug-likeness (QED) is 0.836. The summed E-state index contributed by atoms with van der Waals surface area (Å²) in [7, 11) is 0. The van der Waals surface area contributed by atoms with Crippen molar-refractivity contribution in [2.45, 2.75) is 25.7 Å². The molecule has 0 fully saturated rings. The standard InChI is InChI=1S/C11H12F2O2/c1-2-7-5-3-4-6-8(7)9(10(12)13)11(14)15/h3-6,9-10H,2H2,1H3,(H,14,15). The van der Waals surface area contributed by atoms with Crippen LogP contribution in [0.25, 0.3) is 0 Å². The molecule has 0 bridgehead atoms. The van der Waals surface area contributed by atoms with Gasteiger partial charge in [-0.05, 0) is 17.5 Å². The summed E-state index contributed by atoms with van der Waals surface area (Å²) in [4.78, 5) is 10.7. The second-order valence-corrected chi connectivity index (χ2v) is 3.20. The van der Waals surface area contributed by atoms with Crippen molar-refractivity contribution in [1.29, 1.82) is 0 Å². The third-order valence-corrected chi connectivity index (χ3v) is 2.29. The molecule has 0 radical (unpaired) electrons. The third-order valence-electron chi connectivity index (χ3n) is 2.29. The topological polar surface area (TPSA) is 37.3 Å². The van der Waals surface area contributed by atoms with Crippen LogP contribution in [-0.2, 0) is 11.2 Å². The SMILES string of the molecule is CCc1ccccc1C(C(=O)O)C(F)F. The van der Waals surface area contributed by atoms with E-state index in [1.807, 2.05) is 6.92 Å². The highest BCUT2D eigenvalue weighted by atomic mass is 19.3. The van der Waals surface area contributed by atoms with E-state index < -0.39 is 18.3 Å². The molecule has 4 heteroatoms. The smallest absolute Gasteiger partial charge is 0.316 e. The molecule has 0 aliphatic carbocycles. The molecule has 1 N–H and O–H groups in total. The number of benzene rings is 1. The lowest BCUT2D eigenvalue weighted by Crippen LogP contribution is -2.20. The lowest BCUT2D eigenvalue weighted by atomic mass is 9.93. The van der Waals surface area contributed by atoms with E-state index in [1.54, 1.807) is 18.2 Å². The van der Waals surface area contributed by atoms with Crippen molar-refractivity contribution in [3.63, 3.8) is 0 Å².